The lowest BCUT2D eigenvalue weighted by Gasteiger charge is -2.05. The zero-order valence-corrected chi connectivity index (χ0v) is 14.8. The van der Waals surface area contributed by atoms with Crippen LogP contribution in [0.25, 0.3) is 10.6 Å². The average molecular weight is 374 g/mol. The van der Waals surface area contributed by atoms with E-state index in [9.17, 15) is 13.2 Å². The molecule has 0 spiro atoms. The van der Waals surface area contributed by atoms with E-state index in [1.807, 2.05) is 16.9 Å². The Kier molecular flexibility index (Phi) is 4.82. The summed E-state index contributed by atoms with van der Waals surface area (Å²) in [5.74, 6) is -0.0490. The molecule has 1 heterocycles. The highest BCUT2D eigenvalue weighted by Gasteiger charge is 2.20. The molecule has 0 radical (unpaired) electrons. The Bertz CT molecular complexity index is 981. The number of amides is 1. The number of nitrogens with one attached hydrogen (secondary N) is 1. The monoisotopic (exact) mass is 374 g/mol. The van der Waals surface area contributed by atoms with Crippen molar-refractivity contribution in [3.05, 3.63) is 65.7 Å². The highest BCUT2D eigenvalue weighted by atomic mass is 32.2. The van der Waals surface area contributed by atoms with Crippen molar-refractivity contribution < 1.29 is 17.9 Å². The summed E-state index contributed by atoms with van der Waals surface area (Å²) in [4.78, 5) is 16.4. The summed E-state index contributed by atoms with van der Waals surface area (Å²) in [5, 5.41) is 2.14. The fraction of sp³-hybridized carbons (Fsp3) is 0.0588. The molecular formula is C17H14N2O4S2. The number of ether oxygens (including phenoxy) is 1. The molecule has 0 aliphatic carbocycles. The van der Waals surface area contributed by atoms with Gasteiger partial charge in [-0.25, -0.2) is 18.1 Å². The molecule has 0 saturated carbocycles. The summed E-state index contributed by atoms with van der Waals surface area (Å²) in [5.41, 5.74) is 0.867. The van der Waals surface area contributed by atoms with Crippen LogP contribution in [0.3, 0.4) is 0 Å². The summed E-state index contributed by atoms with van der Waals surface area (Å²) in [6, 6.07) is 14.9. The fourth-order valence-electron chi connectivity index (χ4n) is 2.08. The summed E-state index contributed by atoms with van der Waals surface area (Å²) >= 11 is 1.26. The van der Waals surface area contributed by atoms with Crippen LogP contribution < -0.4 is 9.46 Å². The minimum Gasteiger partial charge on any atom is -0.497 e. The number of hydrogen-bond acceptors (Lipinski definition) is 6. The zero-order chi connectivity index (χ0) is 17.9. The van der Waals surface area contributed by atoms with Crippen molar-refractivity contribution >= 4 is 27.3 Å². The lowest BCUT2D eigenvalue weighted by atomic mass is 10.2. The van der Waals surface area contributed by atoms with Crippen LogP contribution in [0.15, 0.2) is 64.9 Å². The first-order chi connectivity index (χ1) is 12.0. The van der Waals surface area contributed by atoms with Crippen molar-refractivity contribution in [2.24, 2.45) is 0 Å². The first-order valence-electron chi connectivity index (χ1n) is 7.22. The van der Waals surface area contributed by atoms with Crippen LogP contribution in [0.1, 0.15) is 10.5 Å². The van der Waals surface area contributed by atoms with E-state index in [4.69, 9.17) is 4.74 Å². The van der Waals surface area contributed by atoms with E-state index in [1.165, 1.54) is 28.8 Å². The molecule has 1 N–H and O–H groups in total. The molecular weight excluding hydrogens is 360 g/mol. The fourth-order valence-corrected chi connectivity index (χ4v) is 3.87. The Hall–Kier alpha value is -2.71. The molecule has 0 atom stereocenters. The number of hydrogen-bond donors (Lipinski definition) is 1. The van der Waals surface area contributed by atoms with Crippen LogP contribution in [0.4, 0.5) is 0 Å². The molecule has 1 aromatic heterocycles. The summed E-state index contributed by atoms with van der Waals surface area (Å²) in [6.07, 6.45) is 0. The molecule has 0 fully saturated rings. The summed E-state index contributed by atoms with van der Waals surface area (Å²) in [6.45, 7) is 0. The predicted molar refractivity (Wildman–Crippen MR) is 95.2 cm³/mol. The van der Waals surface area contributed by atoms with Gasteiger partial charge in [0, 0.05) is 10.9 Å². The van der Waals surface area contributed by atoms with Crippen molar-refractivity contribution in [2.75, 3.05) is 7.11 Å². The third kappa shape index (κ3) is 3.86. The molecule has 2 aromatic carbocycles. The molecule has 8 heteroatoms. The zero-order valence-electron chi connectivity index (χ0n) is 13.2. The smallest absolute Gasteiger partial charge is 0.284 e. The van der Waals surface area contributed by atoms with Gasteiger partial charge in [-0.15, -0.1) is 11.3 Å². The van der Waals surface area contributed by atoms with Gasteiger partial charge >= 0.3 is 0 Å². The van der Waals surface area contributed by atoms with Crippen LogP contribution in [0, 0.1) is 0 Å². The van der Waals surface area contributed by atoms with E-state index < -0.39 is 15.9 Å². The number of rotatable bonds is 5. The van der Waals surface area contributed by atoms with E-state index in [2.05, 4.69) is 4.98 Å². The highest BCUT2D eigenvalue weighted by Crippen LogP contribution is 2.25. The Morgan fingerprint density at radius 3 is 2.40 bits per heavy atom. The second-order valence-corrected chi connectivity index (χ2v) is 7.55. The minimum absolute atomic E-state index is 0.0222. The third-order valence-electron chi connectivity index (χ3n) is 3.35. The van der Waals surface area contributed by atoms with Gasteiger partial charge in [0.25, 0.3) is 15.9 Å². The Morgan fingerprint density at radius 1 is 1.08 bits per heavy atom. The van der Waals surface area contributed by atoms with Gasteiger partial charge < -0.3 is 4.74 Å². The SMILES string of the molecule is COc1ccc(-c2nc(C(=O)NS(=O)(=O)c3ccccc3)cs2)cc1. The first-order valence-corrected chi connectivity index (χ1v) is 9.58. The normalized spacial score (nSPS) is 11.1. The van der Waals surface area contributed by atoms with Gasteiger partial charge in [-0.3, -0.25) is 4.79 Å². The molecule has 0 unspecified atom stereocenters. The van der Waals surface area contributed by atoms with E-state index >= 15 is 0 Å². The number of methoxy groups -OCH3 is 1. The maximum atomic E-state index is 12.2. The number of nitrogens with zero attached hydrogens (tertiary/aromatic N) is 1. The van der Waals surface area contributed by atoms with Gasteiger partial charge in [0.15, 0.2) is 0 Å². The number of benzene rings is 2. The third-order valence-corrected chi connectivity index (χ3v) is 5.59. The molecule has 3 aromatic rings. The van der Waals surface area contributed by atoms with E-state index in [0.717, 1.165) is 5.56 Å². The molecule has 1 amide bonds. The van der Waals surface area contributed by atoms with E-state index in [0.29, 0.717) is 10.8 Å². The highest BCUT2D eigenvalue weighted by molar-refractivity contribution is 7.90. The summed E-state index contributed by atoms with van der Waals surface area (Å²) in [7, 11) is -2.35. The van der Waals surface area contributed by atoms with Gasteiger partial charge in [0.1, 0.15) is 16.5 Å². The van der Waals surface area contributed by atoms with Crippen molar-refractivity contribution in [3.8, 4) is 16.3 Å². The van der Waals surface area contributed by atoms with Crippen molar-refractivity contribution in [3.63, 3.8) is 0 Å². The number of carbonyl (C=O) groups is 1. The van der Waals surface area contributed by atoms with E-state index in [1.54, 1.807) is 37.4 Å². The van der Waals surface area contributed by atoms with Crippen LogP contribution in [0.5, 0.6) is 5.75 Å². The predicted octanol–water partition coefficient (Wildman–Crippen LogP) is 2.94. The largest absolute Gasteiger partial charge is 0.497 e. The van der Waals surface area contributed by atoms with E-state index in [-0.39, 0.29) is 10.6 Å². The topological polar surface area (TPSA) is 85.4 Å². The maximum Gasteiger partial charge on any atom is 0.284 e. The van der Waals surface area contributed by atoms with Crippen LogP contribution in [-0.4, -0.2) is 26.4 Å². The lowest BCUT2D eigenvalue weighted by Crippen LogP contribution is -2.30. The van der Waals surface area contributed by atoms with Gasteiger partial charge in [0.05, 0.1) is 12.0 Å². The molecule has 128 valence electrons. The van der Waals surface area contributed by atoms with Crippen LogP contribution in [-0.2, 0) is 10.0 Å². The minimum atomic E-state index is -3.92. The molecule has 6 nitrogen and oxygen atoms in total. The van der Waals surface area contributed by atoms with Crippen molar-refractivity contribution in [2.45, 2.75) is 4.90 Å². The molecule has 0 aliphatic heterocycles. The molecule has 0 aliphatic rings. The number of thiazole rings is 1. The second-order valence-electron chi connectivity index (χ2n) is 5.01. The summed E-state index contributed by atoms with van der Waals surface area (Å²) < 4.78 is 31.5. The lowest BCUT2D eigenvalue weighted by molar-refractivity contribution is 0.0977. The molecule has 0 saturated heterocycles. The average Bonchev–Trinajstić information content (AvgIpc) is 3.12. The van der Waals surface area contributed by atoms with Crippen LogP contribution in [0.2, 0.25) is 0 Å². The quantitative estimate of drug-likeness (QED) is 0.742. The standard InChI is InChI=1S/C17H14N2O4S2/c1-23-13-9-7-12(8-10-13)17-18-15(11-24-17)16(20)19-25(21,22)14-5-3-2-4-6-14/h2-11H,1H3,(H,19,20). The van der Waals surface area contributed by atoms with Crippen molar-refractivity contribution in [1.82, 2.24) is 9.71 Å². The Morgan fingerprint density at radius 2 is 1.76 bits per heavy atom. The number of aromatic nitrogens is 1. The molecule has 3 rings (SSSR count). The van der Waals surface area contributed by atoms with Gasteiger partial charge in [0.2, 0.25) is 0 Å². The Balaban J connectivity index is 1.78. The second kappa shape index (κ2) is 7.04. The van der Waals surface area contributed by atoms with Gasteiger partial charge in [-0.05, 0) is 36.4 Å². The number of carbonyl (C=O) groups excluding carboxylic acids is 1. The number of sulfonamides is 1. The molecule has 25 heavy (non-hydrogen) atoms. The van der Waals surface area contributed by atoms with Crippen LogP contribution >= 0.6 is 11.3 Å². The molecule has 0 bridgehead atoms. The maximum absolute atomic E-state index is 12.2. The first kappa shape index (κ1) is 17.1. The van der Waals surface area contributed by atoms with Gasteiger partial charge in [-0.2, -0.15) is 0 Å². The van der Waals surface area contributed by atoms with Crippen molar-refractivity contribution in [1.29, 1.82) is 0 Å². The Labute approximate surface area is 149 Å². The van der Waals surface area contributed by atoms with Gasteiger partial charge in [-0.1, -0.05) is 18.2 Å².